The maximum absolute atomic E-state index is 13.9. The Kier molecular flexibility index (Phi) is 30.9. The number of primary amides is 1. The molecule has 0 heterocycles. The number of nitrogens with two attached hydrogens (primary N) is 4. The Morgan fingerprint density at radius 2 is 0.934 bits per heavy atom. The Labute approximate surface area is 437 Å². The van der Waals surface area contributed by atoms with Crippen molar-refractivity contribution in [2.45, 2.75) is 152 Å². The van der Waals surface area contributed by atoms with E-state index in [9.17, 15) is 82.8 Å². The van der Waals surface area contributed by atoms with Crippen LogP contribution in [0.15, 0.2) is 30.3 Å². The number of hydrogen-bond donors (Lipinski definition) is 16. The van der Waals surface area contributed by atoms with Crippen molar-refractivity contribution in [3.8, 4) is 0 Å². The molecule has 9 amide bonds. The summed E-state index contributed by atoms with van der Waals surface area (Å²) in [6.07, 6.45) is -2.98. The van der Waals surface area contributed by atoms with Crippen LogP contribution in [-0.2, 0) is 68.7 Å². The van der Waals surface area contributed by atoms with E-state index in [1.54, 1.807) is 44.2 Å². The summed E-state index contributed by atoms with van der Waals surface area (Å²) in [6, 6.07) is -4.52. The van der Waals surface area contributed by atoms with Crippen LogP contribution >= 0.6 is 0 Å². The molecule has 0 saturated carbocycles. The molecule has 0 aromatic heterocycles. The van der Waals surface area contributed by atoms with Crippen molar-refractivity contribution in [2.24, 2.45) is 28.9 Å². The van der Waals surface area contributed by atoms with E-state index in [2.05, 4.69) is 42.5 Å². The van der Waals surface area contributed by atoms with Crippen molar-refractivity contribution in [3.05, 3.63) is 35.9 Å². The summed E-state index contributed by atoms with van der Waals surface area (Å²) in [5, 5.41) is 56.4. The van der Waals surface area contributed by atoms with Crippen LogP contribution in [0.4, 0.5) is 0 Å². The number of carbonyl (C=O) groups excluding carboxylic acids is 9. The van der Waals surface area contributed by atoms with Crippen LogP contribution in [-0.4, -0.2) is 165 Å². The molecule has 0 radical (unpaired) electrons. The van der Waals surface area contributed by atoms with Crippen LogP contribution in [0.25, 0.3) is 0 Å². The molecule has 0 unspecified atom stereocenters. The second-order valence-electron chi connectivity index (χ2n) is 18.2. The molecule has 0 aliphatic carbocycles. The fourth-order valence-electron chi connectivity index (χ4n) is 7.20. The zero-order valence-corrected chi connectivity index (χ0v) is 42.5. The Bertz CT molecular complexity index is 2170. The number of carbonyl (C=O) groups is 13. The molecule has 8 atom stereocenters. The summed E-state index contributed by atoms with van der Waals surface area (Å²) < 4.78 is 0. The molecule has 1 aromatic rings. The van der Waals surface area contributed by atoms with Crippen LogP contribution in [0.5, 0.6) is 0 Å². The summed E-state index contributed by atoms with van der Waals surface area (Å²) in [5.74, 6) is -15.9. The third-order valence-electron chi connectivity index (χ3n) is 11.2. The minimum atomic E-state index is -1.90. The molecule has 0 aliphatic rings. The zero-order valence-electron chi connectivity index (χ0n) is 42.5. The smallest absolute Gasteiger partial charge is 0.326 e. The first-order chi connectivity index (χ1) is 35.8. The molecule has 29 heteroatoms. The number of amides is 9. The number of carboxylic acid groups (broad SMARTS) is 4. The third kappa shape index (κ3) is 27.5. The zero-order chi connectivity index (χ0) is 57.5. The second kappa shape index (κ2) is 35.4. The van der Waals surface area contributed by atoms with E-state index < -0.39 is 170 Å². The highest BCUT2D eigenvalue weighted by Gasteiger charge is 2.35. The highest BCUT2D eigenvalue weighted by atomic mass is 16.4. The van der Waals surface area contributed by atoms with Crippen molar-refractivity contribution >= 4 is 77.0 Å². The highest BCUT2D eigenvalue weighted by Crippen LogP contribution is 2.11. The average Bonchev–Trinajstić information content (AvgIpc) is 3.34. The summed E-state index contributed by atoms with van der Waals surface area (Å²) >= 11 is 0. The molecule has 0 fully saturated rings. The van der Waals surface area contributed by atoms with E-state index in [1.165, 1.54) is 0 Å². The van der Waals surface area contributed by atoms with Gasteiger partial charge in [0.1, 0.15) is 42.3 Å². The molecule has 0 saturated heterocycles. The van der Waals surface area contributed by atoms with Gasteiger partial charge in [0.15, 0.2) is 0 Å². The van der Waals surface area contributed by atoms with E-state index in [4.69, 9.17) is 22.9 Å². The van der Waals surface area contributed by atoms with Gasteiger partial charge in [0.05, 0.1) is 25.4 Å². The number of rotatable bonds is 39. The van der Waals surface area contributed by atoms with Crippen LogP contribution in [0, 0.1) is 5.92 Å². The van der Waals surface area contributed by atoms with Crippen molar-refractivity contribution in [2.75, 3.05) is 19.6 Å². The van der Waals surface area contributed by atoms with E-state index in [-0.39, 0.29) is 38.1 Å². The lowest BCUT2D eigenvalue weighted by Crippen LogP contribution is -2.60. The van der Waals surface area contributed by atoms with E-state index >= 15 is 0 Å². The second-order valence-corrected chi connectivity index (χ2v) is 18.2. The number of aliphatic carboxylic acids is 4. The van der Waals surface area contributed by atoms with Gasteiger partial charge >= 0.3 is 23.9 Å². The number of hydrogen-bond acceptors (Lipinski definition) is 16. The quantitative estimate of drug-likeness (QED) is 0.0277. The minimum absolute atomic E-state index is 0.0116. The molecule has 29 nitrogen and oxygen atoms in total. The Morgan fingerprint density at radius 3 is 1.43 bits per heavy atom. The normalized spacial score (nSPS) is 14.1. The van der Waals surface area contributed by atoms with Crippen molar-refractivity contribution in [1.29, 1.82) is 0 Å². The summed E-state index contributed by atoms with van der Waals surface area (Å²) in [5.41, 5.74) is 22.8. The predicted molar refractivity (Wildman–Crippen MR) is 267 cm³/mol. The molecular weight excluding hydrogens is 1000 g/mol. The van der Waals surface area contributed by atoms with Gasteiger partial charge in [0.2, 0.25) is 53.2 Å². The van der Waals surface area contributed by atoms with E-state index in [1.807, 2.05) is 0 Å². The summed E-state index contributed by atoms with van der Waals surface area (Å²) in [7, 11) is 0. The Morgan fingerprint density at radius 1 is 0.487 bits per heavy atom. The van der Waals surface area contributed by atoms with Crippen LogP contribution < -0.4 is 65.5 Å². The molecule has 20 N–H and O–H groups in total. The minimum Gasteiger partial charge on any atom is -0.481 e. The topological polar surface area (TPSA) is 503 Å². The van der Waals surface area contributed by atoms with Gasteiger partial charge in [-0.3, -0.25) is 57.5 Å². The van der Waals surface area contributed by atoms with Gasteiger partial charge in [-0.25, -0.2) is 4.79 Å². The van der Waals surface area contributed by atoms with Gasteiger partial charge in [-0.1, -0.05) is 50.6 Å². The van der Waals surface area contributed by atoms with Crippen molar-refractivity contribution in [1.82, 2.24) is 42.5 Å². The summed E-state index contributed by atoms with van der Waals surface area (Å²) in [4.78, 5) is 167. The highest BCUT2D eigenvalue weighted by molar-refractivity contribution is 5.99. The van der Waals surface area contributed by atoms with Gasteiger partial charge in [0, 0.05) is 19.3 Å². The molecular formula is C47H74N12O17. The third-order valence-corrected chi connectivity index (χ3v) is 11.2. The predicted octanol–water partition coefficient (Wildman–Crippen LogP) is -4.47. The molecule has 0 aliphatic heterocycles. The molecule has 76 heavy (non-hydrogen) atoms. The first kappa shape index (κ1) is 66.2. The van der Waals surface area contributed by atoms with Gasteiger partial charge in [-0.2, -0.15) is 0 Å². The standard InChI is InChI=1S/C47H74N12O17/c1-25(2)20-31(57-46(74)34(23-39(66)67)56-40(68)27(50)12-6-8-18-48)41(69)52-24-36(61)53-28(14-16-37(62)63)42(70)54-29(15-17-38(64)65)43(71)59-33(22-35(51)60)45(73)58-32(21-26-10-4-3-5-11-26)44(72)55-30(47(75)76)13-7-9-19-49/h3-5,10-11,25,27-34H,6-9,12-24,48-50H2,1-2H3,(H2,51,60)(H,52,69)(H,53,61)(H,54,70)(H,55,72)(H,56,68)(H,57,74)(H,58,73)(H,59,71)(H,62,63)(H,64,65)(H,66,67)(H,75,76)/t27-,28-,29-,30-,31-,32-,33-,34-/m0/s1. The SMILES string of the molecule is CC(C)C[C@H](NC(=O)[C@H](CC(=O)O)NC(=O)[C@@H](N)CCCCN)C(=O)NCC(=O)N[C@@H](CCC(=O)O)C(=O)N[C@@H](CCC(=O)O)C(=O)N[C@@H](CC(N)=O)C(=O)N[C@@H](Cc1ccccc1)C(=O)N[C@@H](CCCCN)C(=O)O. The summed E-state index contributed by atoms with van der Waals surface area (Å²) in [6.45, 7) is 3.04. The number of unbranched alkanes of at least 4 members (excludes halogenated alkanes) is 2. The Hall–Kier alpha value is -7.79. The van der Waals surface area contributed by atoms with E-state index in [0.717, 1.165) is 0 Å². The van der Waals surface area contributed by atoms with Crippen LogP contribution in [0.1, 0.15) is 103 Å². The van der Waals surface area contributed by atoms with Crippen LogP contribution in [0.3, 0.4) is 0 Å². The van der Waals surface area contributed by atoms with Crippen LogP contribution in [0.2, 0.25) is 0 Å². The number of nitrogens with one attached hydrogen (secondary N) is 8. The molecule has 0 spiro atoms. The lowest BCUT2D eigenvalue weighted by Gasteiger charge is -2.26. The maximum Gasteiger partial charge on any atom is 0.326 e. The lowest BCUT2D eigenvalue weighted by atomic mass is 10.0. The Balaban J connectivity index is 3.37. The van der Waals surface area contributed by atoms with Gasteiger partial charge in [0.25, 0.3) is 0 Å². The lowest BCUT2D eigenvalue weighted by molar-refractivity contribution is -0.143. The monoisotopic (exact) mass is 1080 g/mol. The fraction of sp³-hybridized carbons (Fsp3) is 0.596. The largest absolute Gasteiger partial charge is 0.481 e. The average molecular weight is 1080 g/mol. The first-order valence-electron chi connectivity index (χ1n) is 24.5. The molecule has 0 bridgehead atoms. The van der Waals surface area contributed by atoms with Gasteiger partial charge < -0.3 is 85.9 Å². The number of benzene rings is 1. The van der Waals surface area contributed by atoms with Crippen molar-refractivity contribution < 1.29 is 82.8 Å². The van der Waals surface area contributed by atoms with E-state index in [0.29, 0.717) is 37.8 Å². The fourth-order valence-corrected chi connectivity index (χ4v) is 7.20. The molecule has 1 rings (SSSR count). The van der Waals surface area contributed by atoms with Gasteiger partial charge in [-0.15, -0.1) is 0 Å². The molecule has 1 aromatic carbocycles. The van der Waals surface area contributed by atoms with Gasteiger partial charge in [-0.05, 0) is 75.9 Å². The maximum atomic E-state index is 13.9. The first-order valence-corrected chi connectivity index (χ1v) is 24.5. The molecule has 424 valence electrons. The number of carboxylic acids is 4. The van der Waals surface area contributed by atoms with Crippen molar-refractivity contribution in [3.63, 3.8) is 0 Å².